The first-order chi connectivity index (χ1) is 9.91. The second kappa shape index (κ2) is 8.59. The number of carbonyl (C=O) groups is 1. The lowest BCUT2D eigenvalue weighted by Gasteiger charge is -2.08. The number of hydrogen-bond acceptors (Lipinski definition) is 4. The minimum atomic E-state index is -0.567. The van der Waals surface area contributed by atoms with Gasteiger partial charge in [0.2, 0.25) is 0 Å². The average molecular weight is 315 g/mol. The third-order valence-electron chi connectivity index (χ3n) is 2.78. The Morgan fingerprint density at radius 2 is 2.14 bits per heavy atom. The molecule has 0 bridgehead atoms. The predicted octanol–water partition coefficient (Wildman–Crippen LogP) is 3.04. The molecule has 0 aliphatic carbocycles. The number of carbonyl (C=O) groups excluding carboxylic acids is 1. The molecule has 1 aromatic carbocycles. The van der Waals surface area contributed by atoms with Crippen LogP contribution in [0.5, 0.6) is 0 Å². The van der Waals surface area contributed by atoms with Crippen molar-refractivity contribution >= 4 is 23.2 Å². The van der Waals surface area contributed by atoms with Crippen molar-refractivity contribution in [1.82, 2.24) is 5.32 Å². The lowest BCUT2D eigenvalue weighted by Crippen LogP contribution is -2.27. The van der Waals surface area contributed by atoms with Gasteiger partial charge in [-0.15, -0.1) is 0 Å². The van der Waals surface area contributed by atoms with Crippen molar-refractivity contribution in [2.75, 3.05) is 19.8 Å². The highest BCUT2D eigenvalue weighted by Gasteiger charge is 2.15. The van der Waals surface area contributed by atoms with Gasteiger partial charge >= 0.3 is 0 Å². The van der Waals surface area contributed by atoms with Gasteiger partial charge in [0, 0.05) is 25.3 Å². The summed E-state index contributed by atoms with van der Waals surface area (Å²) in [5.41, 5.74) is -0.0780. The van der Waals surface area contributed by atoms with Crippen LogP contribution in [0.25, 0.3) is 0 Å². The molecule has 1 rings (SSSR count). The largest absolute Gasteiger partial charge is 0.380 e. The molecular weight excluding hydrogens is 296 g/mol. The summed E-state index contributed by atoms with van der Waals surface area (Å²) < 4.78 is 5.37. The van der Waals surface area contributed by atoms with Crippen molar-refractivity contribution in [2.24, 2.45) is 5.92 Å². The summed E-state index contributed by atoms with van der Waals surface area (Å²) in [6, 6.07) is 3.76. The molecule has 0 saturated carbocycles. The monoisotopic (exact) mass is 314 g/mol. The van der Waals surface area contributed by atoms with Crippen LogP contribution in [0.2, 0.25) is 5.02 Å². The van der Waals surface area contributed by atoms with E-state index in [1.165, 1.54) is 12.1 Å². The lowest BCUT2D eigenvalue weighted by molar-refractivity contribution is -0.384. The molecule has 0 aliphatic rings. The van der Waals surface area contributed by atoms with Crippen LogP contribution < -0.4 is 5.32 Å². The van der Waals surface area contributed by atoms with E-state index in [9.17, 15) is 14.9 Å². The van der Waals surface area contributed by atoms with Gasteiger partial charge in [-0.25, -0.2) is 0 Å². The van der Waals surface area contributed by atoms with Gasteiger partial charge in [-0.05, 0) is 18.4 Å². The minimum Gasteiger partial charge on any atom is -0.380 e. The molecule has 7 heteroatoms. The Labute approximate surface area is 128 Å². The molecule has 0 radical (unpaired) electrons. The SMILES string of the molecule is CC(C)CCOCCNC(=O)c1cc([N+](=O)[O-])ccc1Cl. The Kier molecular flexibility index (Phi) is 7.11. The van der Waals surface area contributed by atoms with Crippen LogP contribution in [-0.2, 0) is 4.74 Å². The zero-order valence-corrected chi connectivity index (χ0v) is 12.9. The van der Waals surface area contributed by atoms with Gasteiger partial charge in [0.1, 0.15) is 0 Å². The fraction of sp³-hybridized carbons (Fsp3) is 0.500. The first-order valence-corrected chi connectivity index (χ1v) is 7.09. The maximum atomic E-state index is 11.9. The van der Waals surface area contributed by atoms with Crippen molar-refractivity contribution in [3.05, 3.63) is 38.9 Å². The third kappa shape index (κ3) is 6.10. The van der Waals surface area contributed by atoms with Crippen LogP contribution in [-0.4, -0.2) is 30.6 Å². The Bertz CT molecular complexity index is 506. The molecule has 0 aliphatic heterocycles. The average Bonchev–Trinajstić information content (AvgIpc) is 2.42. The Morgan fingerprint density at radius 3 is 2.76 bits per heavy atom. The molecule has 0 aromatic heterocycles. The van der Waals surface area contributed by atoms with E-state index in [-0.39, 0.29) is 16.3 Å². The summed E-state index contributed by atoms with van der Waals surface area (Å²) in [6.45, 7) is 5.58. The number of hydrogen-bond donors (Lipinski definition) is 1. The van der Waals surface area contributed by atoms with Crippen molar-refractivity contribution in [2.45, 2.75) is 20.3 Å². The zero-order chi connectivity index (χ0) is 15.8. The van der Waals surface area contributed by atoms with Crippen LogP contribution in [0.4, 0.5) is 5.69 Å². The van der Waals surface area contributed by atoms with Crippen LogP contribution in [0, 0.1) is 16.0 Å². The molecule has 1 aromatic rings. The Morgan fingerprint density at radius 1 is 1.43 bits per heavy atom. The number of benzene rings is 1. The third-order valence-corrected chi connectivity index (χ3v) is 3.11. The maximum Gasteiger partial charge on any atom is 0.270 e. The number of nitro groups is 1. The number of nitrogens with zero attached hydrogens (tertiary/aromatic N) is 1. The Balaban J connectivity index is 2.45. The summed E-state index contributed by atoms with van der Waals surface area (Å²) in [5.74, 6) is 0.124. The summed E-state index contributed by atoms with van der Waals surface area (Å²) in [6.07, 6.45) is 0.963. The molecule has 0 atom stereocenters. The van der Waals surface area contributed by atoms with E-state index in [4.69, 9.17) is 16.3 Å². The number of halogens is 1. The van der Waals surface area contributed by atoms with Gasteiger partial charge in [0.15, 0.2) is 0 Å². The molecular formula is C14H19ClN2O4. The van der Waals surface area contributed by atoms with Gasteiger partial charge in [0.25, 0.3) is 11.6 Å². The Hall–Kier alpha value is -1.66. The van der Waals surface area contributed by atoms with Crippen molar-refractivity contribution in [1.29, 1.82) is 0 Å². The van der Waals surface area contributed by atoms with Gasteiger partial charge in [-0.1, -0.05) is 25.4 Å². The van der Waals surface area contributed by atoms with Gasteiger partial charge in [-0.3, -0.25) is 14.9 Å². The standard InChI is InChI=1S/C14H19ClN2O4/c1-10(2)5-7-21-8-6-16-14(18)12-9-11(17(19)20)3-4-13(12)15/h3-4,9-10H,5-8H2,1-2H3,(H,16,18). The molecule has 0 saturated heterocycles. The fourth-order valence-electron chi connectivity index (χ4n) is 1.55. The number of nitrogens with one attached hydrogen (secondary N) is 1. The molecule has 1 N–H and O–H groups in total. The van der Waals surface area contributed by atoms with Crippen LogP contribution in [0.3, 0.4) is 0 Å². The normalized spacial score (nSPS) is 10.7. The number of rotatable bonds is 8. The van der Waals surface area contributed by atoms with Crippen LogP contribution >= 0.6 is 11.6 Å². The smallest absolute Gasteiger partial charge is 0.270 e. The van der Waals surface area contributed by atoms with Crippen LogP contribution in [0.1, 0.15) is 30.6 Å². The van der Waals surface area contributed by atoms with E-state index in [0.717, 1.165) is 12.5 Å². The highest BCUT2D eigenvalue weighted by Crippen LogP contribution is 2.21. The summed E-state index contributed by atoms with van der Waals surface area (Å²) in [5, 5.41) is 13.5. The fourth-order valence-corrected chi connectivity index (χ4v) is 1.76. The van der Waals surface area contributed by atoms with E-state index < -0.39 is 10.8 Å². The van der Waals surface area contributed by atoms with Gasteiger partial charge in [0.05, 0.1) is 22.1 Å². The van der Waals surface area contributed by atoms with E-state index in [0.29, 0.717) is 25.7 Å². The first-order valence-electron chi connectivity index (χ1n) is 6.71. The first kappa shape index (κ1) is 17.4. The molecule has 0 spiro atoms. The maximum absolute atomic E-state index is 11.9. The minimum absolute atomic E-state index is 0.0908. The predicted molar refractivity (Wildman–Crippen MR) is 80.7 cm³/mol. The van der Waals surface area contributed by atoms with E-state index >= 15 is 0 Å². The zero-order valence-electron chi connectivity index (χ0n) is 12.1. The van der Waals surface area contributed by atoms with Crippen molar-refractivity contribution < 1.29 is 14.5 Å². The van der Waals surface area contributed by atoms with E-state index in [1.807, 2.05) is 0 Å². The second-order valence-electron chi connectivity index (χ2n) is 4.97. The number of amides is 1. The molecule has 0 unspecified atom stereocenters. The topological polar surface area (TPSA) is 81.5 Å². The highest BCUT2D eigenvalue weighted by molar-refractivity contribution is 6.33. The van der Waals surface area contributed by atoms with E-state index in [1.54, 1.807) is 0 Å². The number of non-ortho nitro benzene ring substituents is 1. The molecule has 0 heterocycles. The van der Waals surface area contributed by atoms with Gasteiger partial charge in [-0.2, -0.15) is 0 Å². The van der Waals surface area contributed by atoms with Crippen molar-refractivity contribution in [3.8, 4) is 0 Å². The molecule has 0 fully saturated rings. The molecule has 6 nitrogen and oxygen atoms in total. The molecule has 21 heavy (non-hydrogen) atoms. The summed E-state index contributed by atoms with van der Waals surface area (Å²) in [7, 11) is 0. The quantitative estimate of drug-likeness (QED) is 0.454. The highest BCUT2D eigenvalue weighted by atomic mass is 35.5. The number of nitro benzene ring substituents is 1. The molecule has 116 valence electrons. The lowest BCUT2D eigenvalue weighted by atomic mass is 10.1. The van der Waals surface area contributed by atoms with Gasteiger partial charge < -0.3 is 10.1 Å². The summed E-state index contributed by atoms with van der Waals surface area (Å²) >= 11 is 5.88. The molecule has 1 amide bonds. The summed E-state index contributed by atoms with van der Waals surface area (Å²) in [4.78, 5) is 22.0. The van der Waals surface area contributed by atoms with Crippen molar-refractivity contribution in [3.63, 3.8) is 0 Å². The van der Waals surface area contributed by atoms with E-state index in [2.05, 4.69) is 19.2 Å². The van der Waals surface area contributed by atoms with Crippen LogP contribution in [0.15, 0.2) is 18.2 Å². The second-order valence-corrected chi connectivity index (χ2v) is 5.38. The number of ether oxygens (including phenoxy) is 1.